The van der Waals surface area contributed by atoms with Gasteiger partial charge in [-0.15, -0.1) is 0 Å². The number of fused-ring (bicyclic) bond motifs is 1. The summed E-state index contributed by atoms with van der Waals surface area (Å²) in [6.07, 6.45) is 6.54. The third-order valence-corrected chi connectivity index (χ3v) is 4.19. The van der Waals surface area contributed by atoms with Crippen LogP contribution in [0.1, 0.15) is 36.2 Å². The molecular weight excluding hydrogens is 242 g/mol. The van der Waals surface area contributed by atoms with Crippen LogP contribution in [0.3, 0.4) is 0 Å². The van der Waals surface area contributed by atoms with E-state index < -0.39 is 5.97 Å². The zero-order valence-electron chi connectivity index (χ0n) is 10.9. The molecule has 5 nitrogen and oxygen atoms in total. The molecule has 3 rings (SSSR count). The van der Waals surface area contributed by atoms with Crippen molar-refractivity contribution in [3.8, 4) is 0 Å². The zero-order valence-corrected chi connectivity index (χ0v) is 10.9. The number of hydrogen-bond donors (Lipinski definition) is 2. The number of pyridine rings is 1. The number of carbonyl (C=O) groups is 1. The van der Waals surface area contributed by atoms with Crippen molar-refractivity contribution in [3.63, 3.8) is 0 Å². The Hall–Kier alpha value is -1.62. The summed E-state index contributed by atoms with van der Waals surface area (Å²) >= 11 is 0. The molecule has 2 unspecified atom stereocenters. The average molecular weight is 261 g/mol. The first-order valence-electron chi connectivity index (χ1n) is 6.94. The highest BCUT2D eigenvalue weighted by molar-refractivity contribution is 5.86. The van der Waals surface area contributed by atoms with Crippen molar-refractivity contribution in [2.45, 2.75) is 37.8 Å². The molecule has 102 valence electrons. The fourth-order valence-electron chi connectivity index (χ4n) is 3.27. The number of carboxylic acids is 1. The number of rotatable bonds is 3. The van der Waals surface area contributed by atoms with E-state index in [-0.39, 0.29) is 5.69 Å². The number of piperidine rings is 1. The lowest BCUT2D eigenvalue weighted by Gasteiger charge is -2.32. The largest absolute Gasteiger partial charge is 0.477 e. The van der Waals surface area contributed by atoms with Crippen LogP contribution in [0, 0.1) is 0 Å². The molecule has 0 radical (unpaired) electrons. The summed E-state index contributed by atoms with van der Waals surface area (Å²) in [6.45, 7) is 2.36. The third-order valence-electron chi connectivity index (χ3n) is 4.19. The van der Waals surface area contributed by atoms with Crippen molar-refractivity contribution in [1.82, 2.24) is 9.88 Å². The first-order chi connectivity index (χ1) is 9.24. The standard InChI is InChI=1S/C14H19N3O2/c18-14(19)12-9-10(4-6-15-12)16-11-5-8-17-7-2-1-3-13(11)17/h4,6,9,11,13H,1-3,5,7-8H2,(H,15,16)(H,18,19). The van der Waals surface area contributed by atoms with Crippen molar-refractivity contribution in [1.29, 1.82) is 0 Å². The summed E-state index contributed by atoms with van der Waals surface area (Å²) in [5.74, 6) is -0.977. The second kappa shape index (κ2) is 5.17. The molecule has 0 aliphatic carbocycles. The number of nitrogens with zero attached hydrogens (tertiary/aromatic N) is 2. The quantitative estimate of drug-likeness (QED) is 0.869. The average Bonchev–Trinajstić information content (AvgIpc) is 2.83. The summed E-state index contributed by atoms with van der Waals surface area (Å²) in [5.41, 5.74) is 0.966. The van der Waals surface area contributed by atoms with Gasteiger partial charge in [0.15, 0.2) is 0 Å². The van der Waals surface area contributed by atoms with Crippen LogP contribution in [0.2, 0.25) is 0 Å². The molecule has 2 atom stereocenters. The first kappa shape index (κ1) is 12.4. The smallest absolute Gasteiger partial charge is 0.354 e. The molecule has 1 aromatic heterocycles. The van der Waals surface area contributed by atoms with Crippen molar-refractivity contribution in [2.75, 3.05) is 18.4 Å². The molecule has 2 aliphatic rings. The molecule has 5 heteroatoms. The van der Waals surface area contributed by atoms with Gasteiger partial charge in [0.05, 0.1) is 0 Å². The van der Waals surface area contributed by atoms with Crippen LogP contribution in [0.15, 0.2) is 18.3 Å². The van der Waals surface area contributed by atoms with Crippen LogP contribution in [0.5, 0.6) is 0 Å². The fraction of sp³-hybridized carbons (Fsp3) is 0.571. The maximum Gasteiger partial charge on any atom is 0.354 e. The van der Waals surface area contributed by atoms with E-state index in [0.29, 0.717) is 12.1 Å². The highest BCUT2D eigenvalue weighted by Crippen LogP contribution is 2.29. The highest BCUT2D eigenvalue weighted by atomic mass is 16.4. The van der Waals surface area contributed by atoms with Gasteiger partial charge in [-0.3, -0.25) is 4.90 Å². The Kier molecular flexibility index (Phi) is 3.38. The van der Waals surface area contributed by atoms with E-state index in [0.717, 1.165) is 18.7 Å². The second-order valence-corrected chi connectivity index (χ2v) is 5.37. The fourth-order valence-corrected chi connectivity index (χ4v) is 3.27. The first-order valence-corrected chi connectivity index (χ1v) is 6.94. The molecule has 3 heterocycles. The molecule has 0 spiro atoms. The molecule has 2 aliphatic heterocycles. The number of hydrogen-bond acceptors (Lipinski definition) is 4. The molecule has 0 aromatic carbocycles. The van der Waals surface area contributed by atoms with Crippen LogP contribution in [-0.2, 0) is 0 Å². The van der Waals surface area contributed by atoms with Crippen LogP contribution in [-0.4, -0.2) is 46.1 Å². The third kappa shape index (κ3) is 2.56. The molecule has 1 aromatic rings. The number of carboxylic acid groups (broad SMARTS) is 1. The van der Waals surface area contributed by atoms with Gasteiger partial charge in [-0.25, -0.2) is 9.78 Å². The van der Waals surface area contributed by atoms with Crippen molar-refractivity contribution >= 4 is 11.7 Å². The van der Waals surface area contributed by atoms with Crippen LogP contribution < -0.4 is 5.32 Å². The lowest BCUT2D eigenvalue weighted by molar-refractivity contribution is 0.0690. The lowest BCUT2D eigenvalue weighted by atomic mass is 9.99. The molecule has 2 saturated heterocycles. The highest BCUT2D eigenvalue weighted by Gasteiger charge is 2.35. The van der Waals surface area contributed by atoms with E-state index >= 15 is 0 Å². The Morgan fingerprint density at radius 3 is 3.11 bits per heavy atom. The molecule has 2 fully saturated rings. The molecule has 0 bridgehead atoms. The number of nitrogens with one attached hydrogen (secondary N) is 1. The summed E-state index contributed by atoms with van der Waals surface area (Å²) < 4.78 is 0. The Bertz CT molecular complexity index is 478. The molecule has 19 heavy (non-hydrogen) atoms. The van der Waals surface area contributed by atoms with Gasteiger partial charge in [0.2, 0.25) is 0 Å². The van der Waals surface area contributed by atoms with E-state index in [2.05, 4.69) is 15.2 Å². The van der Waals surface area contributed by atoms with Crippen molar-refractivity contribution in [3.05, 3.63) is 24.0 Å². The van der Waals surface area contributed by atoms with Gasteiger partial charge in [-0.05, 0) is 37.9 Å². The minimum atomic E-state index is -0.977. The Labute approximate surface area is 112 Å². The maximum absolute atomic E-state index is 10.9. The summed E-state index contributed by atoms with van der Waals surface area (Å²) in [7, 11) is 0. The van der Waals surface area contributed by atoms with Gasteiger partial charge in [0.1, 0.15) is 5.69 Å². The minimum absolute atomic E-state index is 0.100. The van der Waals surface area contributed by atoms with Gasteiger partial charge in [-0.2, -0.15) is 0 Å². The monoisotopic (exact) mass is 261 g/mol. The SMILES string of the molecule is O=C(O)c1cc(NC2CCN3CCCCC23)ccn1. The summed E-state index contributed by atoms with van der Waals surface area (Å²) in [6, 6.07) is 4.51. The topological polar surface area (TPSA) is 65.5 Å². The van der Waals surface area contributed by atoms with E-state index in [1.165, 1.54) is 25.8 Å². The van der Waals surface area contributed by atoms with Gasteiger partial charge in [-0.1, -0.05) is 6.42 Å². The second-order valence-electron chi connectivity index (χ2n) is 5.37. The van der Waals surface area contributed by atoms with Gasteiger partial charge >= 0.3 is 5.97 Å². The molecule has 2 N–H and O–H groups in total. The van der Waals surface area contributed by atoms with Crippen LogP contribution in [0.25, 0.3) is 0 Å². The van der Waals surface area contributed by atoms with Crippen LogP contribution in [0.4, 0.5) is 5.69 Å². The van der Waals surface area contributed by atoms with Crippen molar-refractivity contribution < 1.29 is 9.90 Å². The number of anilines is 1. The van der Waals surface area contributed by atoms with Gasteiger partial charge < -0.3 is 10.4 Å². The predicted molar refractivity (Wildman–Crippen MR) is 72.4 cm³/mol. The van der Waals surface area contributed by atoms with E-state index in [4.69, 9.17) is 5.11 Å². The Morgan fingerprint density at radius 2 is 2.26 bits per heavy atom. The molecule has 0 saturated carbocycles. The summed E-state index contributed by atoms with van der Waals surface area (Å²) in [5, 5.41) is 12.4. The van der Waals surface area contributed by atoms with E-state index in [9.17, 15) is 4.79 Å². The molecule has 0 amide bonds. The molecular formula is C14H19N3O2. The minimum Gasteiger partial charge on any atom is -0.477 e. The summed E-state index contributed by atoms with van der Waals surface area (Å²) in [4.78, 5) is 17.3. The Balaban J connectivity index is 1.71. The number of aromatic nitrogens is 1. The Morgan fingerprint density at radius 1 is 1.37 bits per heavy atom. The zero-order chi connectivity index (χ0) is 13.2. The van der Waals surface area contributed by atoms with Crippen LogP contribution >= 0.6 is 0 Å². The predicted octanol–water partition coefficient (Wildman–Crippen LogP) is 1.82. The number of aromatic carboxylic acids is 1. The van der Waals surface area contributed by atoms with E-state index in [1.54, 1.807) is 12.3 Å². The lowest BCUT2D eigenvalue weighted by Crippen LogP contribution is -2.41. The van der Waals surface area contributed by atoms with E-state index in [1.807, 2.05) is 6.07 Å². The van der Waals surface area contributed by atoms with Gasteiger partial charge in [0.25, 0.3) is 0 Å². The maximum atomic E-state index is 10.9. The van der Waals surface area contributed by atoms with Crippen molar-refractivity contribution in [2.24, 2.45) is 0 Å². The normalized spacial score (nSPS) is 26.9. The van der Waals surface area contributed by atoms with Gasteiger partial charge in [0, 0.05) is 30.5 Å².